The molecule has 9 heteroatoms. The van der Waals surface area contributed by atoms with Crippen LogP contribution in [0.15, 0.2) is 41.4 Å². The summed E-state index contributed by atoms with van der Waals surface area (Å²) in [4.78, 5) is 21.7. The highest BCUT2D eigenvalue weighted by atomic mass is 32.2. The SMILES string of the molecule is Cc1ccc(S(=O)(=O)N2CCC(C(=O)N3CCN(c4ncccc4C#N)CC3)CC2)c(C)c1. The number of anilines is 1. The molecule has 0 aliphatic carbocycles. The Morgan fingerprint density at radius 3 is 2.39 bits per heavy atom. The van der Waals surface area contributed by atoms with E-state index >= 15 is 0 Å². The van der Waals surface area contributed by atoms with Crippen LogP contribution in [-0.2, 0) is 14.8 Å². The third-order valence-corrected chi connectivity index (χ3v) is 8.61. The fourth-order valence-electron chi connectivity index (χ4n) is 4.70. The number of rotatable bonds is 4. The van der Waals surface area contributed by atoms with Gasteiger partial charge in [-0.1, -0.05) is 17.7 Å². The van der Waals surface area contributed by atoms with E-state index in [0.29, 0.717) is 68.4 Å². The Morgan fingerprint density at radius 2 is 1.76 bits per heavy atom. The van der Waals surface area contributed by atoms with E-state index in [1.165, 1.54) is 4.31 Å². The zero-order valence-electron chi connectivity index (χ0n) is 19.1. The van der Waals surface area contributed by atoms with Crippen molar-refractivity contribution in [1.82, 2.24) is 14.2 Å². The van der Waals surface area contributed by atoms with Gasteiger partial charge in [-0.05, 0) is 50.5 Å². The van der Waals surface area contributed by atoms with Gasteiger partial charge in [0.15, 0.2) is 0 Å². The van der Waals surface area contributed by atoms with Gasteiger partial charge < -0.3 is 9.80 Å². The van der Waals surface area contributed by atoms with Crippen LogP contribution in [0.2, 0.25) is 0 Å². The van der Waals surface area contributed by atoms with Crippen LogP contribution < -0.4 is 4.90 Å². The van der Waals surface area contributed by atoms with E-state index in [0.717, 1.165) is 11.1 Å². The van der Waals surface area contributed by atoms with E-state index in [1.54, 1.807) is 24.4 Å². The van der Waals surface area contributed by atoms with Gasteiger partial charge in [-0.25, -0.2) is 13.4 Å². The summed E-state index contributed by atoms with van der Waals surface area (Å²) in [5, 5.41) is 9.31. The maximum Gasteiger partial charge on any atom is 0.243 e. The number of aromatic nitrogens is 1. The Labute approximate surface area is 195 Å². The maximum absolute atomic E-state index is 13.1. The number of carbonyl (C=O) groups is 1. The largest absolute Gasteiger partial charge is 0.352 e. The summed E-state index contributed by atoms with van der Waals surface area (Å²) in [6, 6.07) is 11.0. The molecule has 33 heavy (non-hydrogen) atoms. The highest BCUT2D eigenvalue weighted by molar-refractivity contribution is 7.89. The van der Waals surface area contributed by atoms with E-state index in [9.17, 15) is 18.5 Å². The van der Waals surface area contributed by atoms with Crippen molar-refractivity contribution < 1.29 is 13.2 Å². The van der Waals surface area contributed by atoms with Gasteiger partial charge in [0, 0.05) is 51.4 Å². The normalized spacial score (nSPS) is 18.2. The average Bonchev–Trinajstić information content (AvgIpc) is 2.83. The summed E-state index contributed by atoms with van der Waals surface area (Å²) in [5.41, 5.74) is 2.32. The third-order valence-electron chi connectivity index (χ3n) is 6.55. The van der Waals surface area contributed by atoms with Crippen LogP contribution >= 0.6 is 0 Å². The lowest BCUT2D eigenvalue weighted by Gasteiger charge is -2.39. The molecular weight excluding hydrogens is 438 g/mol. The molecule has 1 amide bonds. The van der Waals surface area contributed by atoms with Crippen LogP contribution in [0.3, 0.4) is 0 Å². The van der Waals surface area contributed by atoms with Crippen molar-refractivity contribution >= 4 is 21.7 Å². The minimum atomic E-state index is -3.56. The molecule has 0 atom stereocenters. The Kier molecular flexibility index (Phi) is 6.68. The molecule has 3 heterocycles. The molecule has 2 fully saturated rings. The van der Waals surface area contributed by atoms with Gasteiger partial charge in [-0.2, -0.15) is 9.57 Å². The smallest absolute Gasteiger partial charge is 0.243 e. The number of carbonyl (C=O) groups excluding carboxylic acids is 1. The van der Waals surface area contributed by atoms with Crippen LogP contribution in [0.4, 0.5) is 5.82 Å². The van der Waals surface area contributed by atoms with E-state index in [2.05, 4.69) is 11.1 Å². The van der Waals surface area contributed by atoms with Gasteiger partial charge in [0.25, 0.3) is 0 Å². The molecule has 0 radical (unpaired) electrons. The van der Waals surface area contributed by atoms with E-state index in [1.807, 2.05) is 35.8 Å². The summed E-state index contributed by atoms with van der Waals surface area (Å²) in [6.07, 6.45) is 2.73. The Hall–Kier alpha value is -2.96. The van der Waals surface area contributed by atoms with Gasteiger partial charge in [0.1, 0.15) is 11.9 Å². The fraction of sp³-hybridized carbons (Fsp3) is 0.458. The molecule has 174 valence electrons. The number of hydrogen-bond donors (Lipinski definition) is 0. The molecule has 0 saturated carbocycles. The van der Waals surface area contributed by atoms with Gasteiger partial charge in [-0.15, -0.1) is 0 Å². The van der Waals surface area contributed by atoms with E-state index < -0.39 is 10.0 Å². The Balaban J connectivity index is 1.34. The molecule has 0 spiro atoms. The second-order valence-electron chi connectivity index (χ2n) is 8.75. The first-order valence-electron chi connectivity index (χ1n) is 11.3. The third kappa shape index (κ3) is 4.72. The van der Waals surface area contributed by atoms with Crippen molar-refractivity contribution in [3.63, 3.8) is 0 Å². The maximum atomic E-state index is 13.1. The van der Waals surface area contributed by atoms with Gasteiger partial charge in [0.05, 0.1) is 10.5 Å². The number of piperidine rings is 1. The second-order valence-corrected chi connectivity index (χ2v) is 10.7. The van der Waals surface area contributed by atoms with Crippen molar-refractivity contribution in [2.45, 2.75) is 31.6 Å². The summed E-state index contributed by atoms with van der Waals surface area (Å²) >= 11 is 0. The number of nitrogens with zero attached hydrogens (tertiary/aromatic N) is 5. The first kappa shape index (κ1) is 23.2. The van der Waals surface area contributed by atoms with Crippen molar-refractivity contribution in [1.29, 1.82) is 5.26 Å². The average molecular weight is 468 g/mol. The molecule has 2 aromatic rings. The molecule has 2 saturated heterocycles. The summed E-state index contributed by atoms with van der Waals surface area (Å²) < 4.78 is 27.7. The van der Waals surface area contributed by atoms with Crippen molar-refractivity contribution in [3.8, 4) is 6.07 Å². The van der Waals surface area contributed by atoms with Gasteiger partial charge in [-0.3, -0.25) is 4.79 Å². The fourth-order valence-corrected chi connectivity index (χ4v) is 6.38. The van der Waals surface area contributed by atoms with Crippen LogP contribution in [0.25, 0.3) is 0 Å². The van der Waals surface area contributed by atoms with Crippen LogP contribution in [0.5, 0.6) is 0 Å². The summed E-state index contributed by atoms with van der Waals surface area (Å²) in [6.45, 7) is 6.86. The lowest BCUT2D eigenvalue weighted by Crippen LogP contribution is -2.52. The van der Waals surface area contributed by atoms with E-state index in [-0.39, 0.29) is 11.8 Å². The topological polar surface area (TPSA) is 97.6 Å². The van der Waals surface area contributed by atoms with Gasteiger partial charge >= 0.3 is 0 Å². The highest BCUT2D eigenvalue weighted by Gasteiger charge is 2.35. The predicted octanol–water partition coefficient (Wildman–Crippen LogP) is 2.32. The minimum Gasteiger partial charge on any atom is -0.352 e. The lowest BCUT2D eigenvalue weighted by atomic mass is 9.96. The number of amides is 1. The highest BCUT2D eigenvalue weighted by Crippen LogP contribution is 2.28. The predicted molar refractivity (Wildman–Crippen MR) is 125 cm³/mol. The quantitative estimate of drug-likeness (QED) is 0.685. The first-order valence-corrected chi connectivity index (χ1v) is 12.7. The molecule has 2 aliphatic rings. The van der Waals surface area contributed by atoms with Gasteiger partial charge in [0.2, 0.25) is 15.9 Å². The van der Waals surface area contributed by atoms with Crippen LogP contribution in [-0.4, -0.2) is 67.8 Å². The molecule has 4 rings (SSSR count). The second kappa shape index (κ2) is 9.49. The number of aryl methyl sites for hydroxylation is 2. The van der Waals surface area contributed by atoms with Crippen LogP contribution in [0.1, 0.15) is 29.5 Å². The number of benzene rings is 1. The molecule has 8 nitrogen and oxygen atoms in total. The molecule has 0 unspecified atom stereocenters. The standard InChI is InChI=1S/C24H29N5O3S/c1-18-5-6-22(19(2)16-18)33(31,32)29-10-7-20(8-11-29)24(30)28-14-12-27(13-15-28)23-21(17-25)4-3-9-26-23/h3-6,9,16,20H,7-8,10-15H2,1-2H3. The number of piperazine rings is 1. The molecule has 1 aromatic heterocycles. The number of pyridine rings is 1. The molecule has 0 N–H and O–H groups in total. The van der Waals surface area contributed by atoms with E-state index in [4.69, 9.17) is 0 Å². The molecular formula is C24H29N5O3S. The summed E-state index contributed by atoms with van der Waals surface area (Å²) in [7, 11) is -3.56. The van der Waals surface area contributed by atoms with Crippen molar-refractivity contribution in [3.05, 3.63) is 53.2 Å². The molecule has 0 bridgehead atoms. The number of hydrogen-bond acceptors (Lipinski definition) is 6. The number of sulfonamides is 1. The zero-order chi connectivity index (χ0) is 23.6. The zero-order valence-corrected chi connectivity index (χ0v) is 19.9. The lowest BCUT2D eigenvalue weighted by molar-refractivity contribution is -0.137. The van der Waals surface area contributed by atoms with Crippen molar-refractivity contribution in [2.24, 2.45) is 5.92 Å². The molecule has 2 aliphatic heterocycles. The Morgan fingerprint density at radius 1 is 1.06 bits per heavy atom. The number of nitriles is 1. The summed E-state index contributed by atoms with van der Waals surface area (Å²) in [5.74, 6) is 0.600. The van der Waals surface area contributed by atoms with Crippen LogP contribution in [0, 0.1) is 31.1 Å². The minimum absolute atomic E-state index is 0.0970. The molecule has 1 aromatic carbocycles. The Bertz CT molecular complexity index is 1170. The monoisotopic (exact) mass is 467 g/mol. The first-order chi connectivity index (χ1) is 15.8. The van der Waals surface area contributed by atoms with Crippen molar-refractivity contribution in [2.75, 3.05) is 44.2 Å².